The van der Waals surface area contributed by atoms with Gasteiger partial charge >= 0.3 is 0 Å². The van der Waals surface area contributed by atoms with Gasteiger partial charge in [-0.2, -0.15) is 0 Å². The van der Waals surface area contributed by atoms with E-state index in [0.29, 0.717) is 48.1 Å². The van der Waals surface area contributed by atoms with Crippen LogP contribution in [0.4, 0.5) is 0 Å². The summed E-state index contributed by atoms with van der Waals surface area (Å²) in [6.07, 6.45) is 1.93. The predicted octanol–water partition coefficient (Wildman–Crippen LogP) is 4.33. The number of nitrogens with one attached hydrogen (secondary N) is 1. The number of likely N-dealkylation sites (tertiary alicyclic amines) is 1. The molecule has 1 atom stereocenters. The Bertz CT molecular complexity index is 623. The number of hydrogen-bond acceptors (Lipinski definition) is 4. The van der Waals surface area contributed by atoms with Gasteiger partial charge in [0.2, 0.25) is 0 Å². The number of rotatable bonds is 11. The maximum absolute atomic E-state index is 6.12. The first-order valence-corrected chi connectivity index (χ1v) is 10.6. The Morgan fingerprint density at radius 1 is 1.28 bits per heavy atom. The first-order valence-electron chi connectivity index (χ1n) is 9.81. The number of methoxy groups -OCH3 is 1. The molecule has 1 aliphatic heterocycles. The van der Waals surface area contributed by atoms with Crippen LogP contribution in [0, 0.1) is 5.92 Å². The van der Waals surface area contributed by atoms with Crippen molar-refractivity contribution in [2.45, 2.75) is 19.8 Å². The Morgan fingerprint density at radius 3 is 2.83 bits per heavy atom. The van der Waals surface area contributed by atoms with Crippen LogP contribution in [0.5, 0.6) is 5.75 Å². The van der Waals surface area contributed by atoms with E-state index in [1.807, 2.05) is 0 Å². The molecule has 1 aromatic rings. The third-order valence-electron chi connectivity index (χ3n) is 4.42. The van der Waals surface area contributed by atoms with Crippen LogP contribution in [-0.2, 0) is 9.47 Å². The van der Waals surface area contributed by atoms with Gasteiger partial charge in [-0.25, -0.2) is 0 Å². The van der Waals surface area contributed by atoms with E-state index in [1.54, 1.807) is 25.3 Å². The number of nitrogens with zero attached hydrogens (tertiary/aromatic N) is 2. The second-order valence-electron chi connectivity index (χ2n) is 6.68. The molecule has 1 aliphatic rings. The van der Waals surface area contributed by atoms with E-state index in [0.717, 1.165) is 45.0 Å². The number of ether oxygens (including phenoxy) is 3. The highest BCUT2D eigenvalue weighted by atomic mass is 127. The highest BCUT2D eigenvalue weighted by Crippen LogP contribution is 2.27. The maximum Gasteiger partial charge on any atom is 0.193 e. The maximum atomic E-state index is 6.12. The van der Waals surface area contributed by atoms with Crippen LogP contribution in [0.25, 0.3) is 0 Å². The Labute approximate surface area is 201 Å². The normalized spacial score (nSPS) is 16.6. The van der Waals surface area contributed by atoms with Gasteiger partial charge in [0.15, 0.2) is 5.96 Å². The van der Waals surface area contributed by atoms with E-state index in [4.69, 9.17) is 42.4 Å². The molecule has 0 saturated carbocycles. The summed E-state index contributed by atoms with van der Waals surface area (Å²) in [6.45, 7) is 8.22. The van der Waals surface area contributed by atoms with Gasteiger partial charge in [0.05, 0.1) is 31.5 Å². The minimum absolute atomic E-state index is 0. The van der Waals surface area contributed by atoms with Crippen molar-refractivity contribution < 1.29 is 14.2 Å². The molecule has 6 nitrogen and oxygen atoms in total. The van der Waals surface area contributed by atoms with Crippen molar-refractivity contribution in [3.05, 3.63) is 28.2 Å². The summed E-state index contributed by atoms with van der Waals surface area (Å²) in [5.74, 6) is 2.15. The van der Waals surface area contributed by atoms with Crippen molar-refractivity contribution in [2.24, 2.45) is 10.9 Å². The van der Waals surface area contributed by atoms with Gasteiger partial charge in [-0.3, -0.25) is 4.99 Å². The number of aliphatic imine (C=N–C) groups is 1. The van der Waals surface area contributed by atoms with E-state index in [-0.39, 0.29) is 24.0 Å². The molecule has 1 aromatic carbocycles. The lowest BCUT2D eigenvalue weighted by Gasteiger charge is -2.21. The average Bonchev–Trinajstić information content (AvgIpc) is 3.14. The molecule has 0 radical (unpaired) electrons. The van der Waals surface area contributed by atoms with Gasteiger partial charge < -0.3 is 24.4 Å². The Balaban J connectivity index is 0.00000420. The van der Waals surface area contributed by atoms with Crippen LogP contribution >= 0.6 is 47.2 Å². The summed E-state index contributed by atoms with van der Waals surface area (Å²) < 4.78 is 16.4. The summed E-state index contributed by atoms with van der Waals surface area (Å²) in [4.78, 5) is 7.05. The first-order chi connectivity index (χ1) is 13.6. The first kappa shape index (κ1) is 26.6. The fourth-order valence-corrected chi connectivity index (χ4v) is 3.47. The number of halogens is 3. The van der Waals surface area contributed by atoms with Crippen molar-refractivity contribution in [2.75, 3.05) is 59.7 Å². The summed E-state index contributed by atoms with van der Waals surface area (Å²) in [5.41, 5.74) is 0. The molecule has 1 N–H and O–H groups in total. The van der Waals surface area contributed by atoms with Crippen molar-refractivity contribution in [1.82, 2.24) is 10.2 Å². The lowest BCUT2D eigenvalue weighted by molar-refractivity contribution is 0.0536. The topological polar surface area (TPSA) is 55.3 Å². The summed E-state index contributed by atoms with van der Waals surface area (Å²) in [7, 11) is 1.69. The zero-order valence-corrected chi connectivity index (χ0v) is 21.0. The summed E-state index contributed by atoms with van der Waals surface area (Å²) >= 11 is 12.0. The molecule has 1 heterocycles. The molecule has 1 saturated heterocycles. The Morgan fingerprint density at radius 2 is 2.10 bits per heavy atom. The quantitative estimate of drug-likeness (QED) is 0.189. The average molecular weight is 560 g/mol. The molecular weight excluding hydrogens is 528 g/mol. The van der Waals surface area contributed by atoms with Crippen molar-refractivity contribution in [3.63, 3.8) is 0 Å². The molecule has 166 valence electrons. The molecule has 2 rings (SSSR count). The van der Waals surface area contributed by atoms with E-state index in [9.17, 15) is 0 Å². The lowest BCUT2D eigenvalue weighted by atomic mass is 10.1. The van der Waals surface area contributed by atoms with Crippen molar-refractivity contribution in [3.8, 4) is 5.75 Å². The van der Waals surface area contributed by atoms with Crippen LogP contribution in [0.3, 0.4) is 0 Å². The van der Waals surface area contributed by atoms with Crippen LogP contribution < -0.4 is 10.1 Å². The summed E-state index contributed by atoms with van der Waals surface area (Å²) in [6, 6.07) is 5.24. The standard InChI is InChI=1S/C20H31Cl2N3O3.HI/c1-3-23-20(25-9-7-16(14-25)15-27-12-11-26-2)24-8-4-10-28-19-6-5-17(21)13-18(19)22;/h5-6,13,16H,3-4,7-12,14-15H2,1-2H3,(H,23,24);1H. The molecule has 0 amide bonds. The van der Waals surface area contributed by atoms with Gasteiger partial charge in [0.25, 0.3) is 0 Å². The molecule has 9 heteroatoms. The molecule has 1 unspecified atom stereocenters. The highest BCUT2D eigenvalue weighted by molar-refractivity contribution is 14.0. The molecule has 1 fully saturated rings. The number of benzene rings is 1. The fourth-order valence-electron chi connectivity index (χ4n) is 3.00. The highest BCUT2D eigenvalue weighted by Gasteiger charge is 2.24. The third-order valence-corrected chi connectivity index (χ3v) is 4.95. The Kier molecular flexibility index (Phi) is 14.0. The zero-order valence-electron chi connectivity index (χ0n) is 17.2. The number of guanidine groups is 1. The molecule has 0 spiro atoms. The van der Waals surface area contributed by atoms with Gasteiger partial charge in [-0.05, 0) is 31.5 Å². The van der Waals surface area contributed by atoms with Crippen LogP contribution in [-0.4, -0.2) is 70.6 Å². The smallest absolute Gasteiger partial charge is 0.193 e. The molecule has 0 bridgehead atoms. The van der Waals surface area contributed by atoms with E-state index < -0.39 is 0 Å². The fraction of sp³-hybridized carbons (Fsp3) is 0.650. The molecule has 29 heavy (non-hydrogen) atoms. The second kappa shape index (κ2) is 15.3. The largest absolute Gasteiger partial charge is 0.492 e. The van der Waals surface area contributed by atoms with Crippen LogP contribution in [0.15, 0.2) is 23.2 Å². The predicted molar refractivity (Wildman–Crippen MR) is 130 cm³/mol. The van der Waals surface area contributed by atoms with Crippen molar-refractivity contribution >= 4 is 53.1 Å². The third kappa shape index (κ3) is 9.91. The van der Waals surface area contributed by atoms with Crippen LogP contribution in [0.2, 0.25) is 10.0 Å². The van der Waals surface area contributed by atoms with Crippen molar-refractivity contribution in [1.29, 1.82) is 0 Å². The zero-order chi connectivity index (χ0) is 20.2. The van der Waals surface area contributed by atoms with Crippen LogP contribution in [0.1, 0.15) is 19.8 Å². The second-order valence-corrected chi connectivity index (χ2v) is 7.52. The monoisotopic (exact) mass is 559 g/mol. The molecular formula is C20H32Cl2IN3O3. The minimum atomic E-state index is 0. The van der Waals surface area contributed by atoms with Gasteiger partial charge in [0, 0.05) is 50.7 Å². The minimum Gasteiger partial charge on any atom is -0.492 e. The van der Waals surface area contributed by atoms with Gasteiger partial charge in [0.1, 0.15) is 5.75 Å². The molecule has 0 aliphatic carbocycles. The summed E-state index contributed by atoms with van der Waals surface area (Å²) in [5, 5.41) is 4.51. The number of hydrogen-bond donors (Lipinski definition) is 1. The van der Waals surface area contributed by atoms with Gasteiger partial charge in [-0.15, -0.1) is 24.0 Å². The van der Waals surface area contributed by atoms with E-state index in [2.05, 4.69) is 17.1 Å². The lowest BCUT2D eigenvalue weighted by Crippen LogP contribution is -2.40. The van der Waals surface area contributed by atoms with E-state index in [1.165, 1.54) is 0 Å². The molecule has 0 aromatic heterocycles. The Hall–Kier alpha value is -0.480. The van der Waals surface area contributed by atoms with Gasteiger partial charge in [-0.1, -0.05) is 23.2 Å². The SMILES string of the molecule is CCNC(=NCCCOc1ccc(Cl)cc1Cl)N1CCC(COCCOC)C1.I. The van der Waals surface area contributed by atoms with E-state index >= 15 is 0 Å².